The highest BCUT2D eigenvalue weighted by Gasteiger charge is 2.31. The van der Waals surface area contributed by atoms with Crippen molar-refractivity contribution in [2.45, 2.75) is 52.1 Å². The summed E-state index contributed by atoms with van der Waals surface area (Å²) < 4.78 is 45.3. The second kappa shape index (κ2) is 8.34. The van der Waals surface area contributed by atoms with Crippen LogP contribution in [0.3, 0.4) is 0 Å². The van der Waals surface area contributed by atoms with Crippen molar-refractivity contribution >= 4 is 22.9 Å². The Balaban J connectivity index is 2.15. The number of halogens is 3. The minimum absolute atomic E-state index is 0.0877. The van der Waals surface area contributed by atoms with E-state index in [1.807, 2.05) is 0 Å². The smallest absolute Gasteiger partial charge is 0.410 e. The third kappa shape index (κ3) is 6.40. The number of likely N-dealkylation sites (N-methyl/N-ethyl adjacent to an activating group) is 1. The van der Waals surface area contributed by atoms with Gasteiger partial charge in [-0.25, -0.2) is 4.79 Å². The first kappa shape index (κ1) is 22.6. The third-order valence-corrected chi connectivity index (χ3v) is 4.01. The Kier molecular flexibility index (Phi) is 6.50. The van der Waals surface area contributed by atoms with E-state index in [4.69, 9.17) is 4.74 Å². The van der Waals surface area contributed by atoms with E-state index < -0.39 is 36.4 Å². The van der Waals surface area contributed by atoms with Gasteiger partial charge in [-0.2, -0.15) is 13.2 Å². The highest BCUT2D eigenvalue weighted by atomic mass is 19.4. The van der Waals surface area contributed by atoms with Gasteiger partial charge in [0.05, 0.1) is 0 Å². The molecule has 1 heterocycles. The molecule has 1 N–H and O–H groups in total. The lowest BCUT2D eigenvalue weighted by molar-refractivity contribution is -0.140. The van der Waals surface area contributed by atoms with Crippen LogP contribution in [-0.2, 0) is 11.3 Å². The monoisotopic (exact) mass is 413 g/mol. The molecule has 6 nitrogen and oxygen atoms in total. The van der Waals surface area contributed by atoms with Crippen LogP contribution in [0.4, 0.5) is 18.0 Å². The molecule has 0 spiro atoms. The lowest BCUT2D eigenvalue weighted by atomic mass is 10.2. The van der Waals surface area contributed by atoms with Crippen molar-refractivity contribution in [1.82, 2.24) is 14.8 Å². The molecule has 9 heteroatoms. The molecule has 0 aliphatic heterocycles. The molecule has 1 aromatic heterocycles. The maximum atomic E-state index is 13.0. The summed E-state index contributed by atoms with van der Waals surface area (Å²) in [6.07, 6.45) is -5.02. The first-order valence-corrected chi connectivity index (χ1v) is 9.17. The van der Waals surface area contributed by atoms with Gasteiger partial charge in [0.1, 0.15) is 17.8 Å². The van der Waals surface area contributed by atoms with E-state index in [1.165, 1.54) is 24.1 Å². The number of carbonyl (C=O) groups excluding carboxylic acids is 2. The molecule has 2 amide bonds. The average molecular weight is 413 g/mol. The van der Waals surface area contributed by atoms with Gasteiger partial charge in [-0.1, -0.05) is 18.2 Å². The van der Waals surface area contributed by atoms with Gasteiger partial charge in [0.25, 0.3) is 5.91 Å². The number of para-hydroxylation sites is 1. The lowest BCUT2D eigenvalue weighted by Crippen LogP contribution is -2.44. The molecule has 0 bridgehead atoms. The molecule has 2 aromatic rings. The Bertz CT molecular complexity index is 884. The molecule has 2 rings (SSSR count). The fraction of sp³-hybridized carbons (Fsp3) is 0.500. The fourth-order valence-electron chi connectivity index (χ4n) is 2.92. The van der Waals surface area contributed by atoms with Gasteiger partial charge in [0.15, 0.2) is 0 Å². The van der Waals surface area contributed by atoms with Crippen LogP contribution in [-0.4, -0.2) is 52.9 Å². The first-order chi connectivity index (χ1) is 13.3. The number of ether oxygens (including phenoxy) is 1. The Morgan fingerprint density at radius 3 is 2.41 bits per heavy atom. The number of fused-ring (bicyclic) bond motifs is 1. The van der Waals surface area contributed by atoms with E-state index in [1.54, 1.807) is 45.9 Å². The molecule has 0 fully saturated rings. The van der Waals surface area contributed by atoms with E-state index in [9.17, 15) is 22.8 Å². The van der Waals surface area contributed by atoms with Crippen LogP contribution in [0.2, 0.25) is 0 Å². The van der Waals surface area contributed by atoms with E-state index in [-0.39, 0.29) is 12.2 Å². The molecule has 1 unspecified atom stereocenters. The molecule has 0 saturated heterocycles. The molecule has 1 atom stereocenters. The van der Waals surface area contributed by atoms with Crippen molar-refractivity contribution in [2.75, 3.05) is 13.6 Å². The van der Waals surface area contributed by atoms with Gasteiger partial charge in [-0.05, 0) is 39.8 Å². The number of benzene rings is 1. The van der Waals surface area contributed by atoms with E-state index in [0.717, 1.165) is 4.57 Å². The normalized spacial score (nSPS) is 13.2. The summed E-state index contributed by atoms with van der Waals surface area (Å²) in [6, 6.07) is 7.43. The van der Waals surface area contributed by atoms with Gasteiger partial charge in [-0.3, -0.25) is 4.79 Å². The number of carbonyl (C=O) groups is 2. The number of amides is 2. The van der Waals surface area contributed by atoms with Crippen LogP contribution in [0.25, 0.3) is 10.9 Å². The number of rotatable bonds is 5. The number of hydrogen-bond donors (Lipinski definition) is 1. The van der Waals surface area contributed by atoms with Crippen LogP contribution in [0.1, 0.15) is 38.2 Å². The number of aromatic nitrogens is 1. The summed E-state index contributed by atoms with van der Waals surface area (Å²) in [5, 5.41) is 3.20. The fourth-order valence-corrected chi connectivity index (χ4v) is 2.92. The maximum absolute atomic E-state index is 13.0. The Labute approximate surface area is 167 Å². The SMILES string of the molecule is CC(CN(C)C(=O)OC(C)(C)C)NC(=O)c1cc2ccccc2n1CC(F)(F)F. The van der Waals surface area contributed by atoms with Crippen LogP contribution >= 0.6 is 0 Å². The molecule has 0 aliphatic rings. The molecular formula is C20H26F3N3O3. The van der Waals surface area contributed by atoms with Gasteiger partial charge >= 0.3 is 12.3 Å². The quantitative estimate of drug-likeness (QED) is 0.800. The van der Waals surface area contributed by atoms with Gasteiger partial charge in [-0.15, -0.1) is 0 Å². The number of nitrogens with zero attached hydrogens (tertiary/aromatic N) is 2. The summed E-state index contributed by atoms with van der Waals surface area (Å²) in [6.45, 7) is 5.75. The van der Waals surface area contributed by atoms with Crippen LogP contribution in [0, 0.1) is 0 Å². The Morgan fingerprint density at radius 2 is 1.83 bits per heavy atom. The van der Waals surface area contributed by atoms with Gasteiger partial charge in [0.2, 0.25) is 0 Å². The second-order valence-corrected chi connectivity index (χ2v) is 8.03. The first-order valence-electron chi connectivity index (χ1n) is 9.17. The van der Waals surface area contributed by atoms with Crippen molar-refractivity contribution in [2.24, 2.45) is 0 Å². The zero-order chi connectivity index (χ0) is 22.0. The summed E-state index contributed by atoms with van der Waals surface area (Å²) in [4.78, 5) is 26.0. The number of alkyl halides is 3. The van der Waals surface area contributed by atoms with Crippen LogP contribution < -0.4 is 5.32 Å². The van der Waals surface area contributed by atoms with Crippen molar-refractivity contribution in [3.63, 3.8) is 0 Å². The van der Waals surface area contributed by atoms with Gasteiger partial charge < -0.3 is 19.5 Å². The van der Waals surface area contributed by atoms with Crippen molar-refractivity contribution in [1.29, 1.82) is 0 Å². The van der Waals surface area contributed by atoms with E-state index in [0.29, 0.717) is 10.9 Å². The molecular weight excluding hydrogens is 387 g/mol. The van der Waals surface area contributed by atoms with Crippen LogP contribution in [0.5, 0.6) is 0 Å². The minimum Gasteiger partial charge on any atom is -0.444 e. The zero-order valence-electron chi connectivity index (χ0n) is 17.1. The van der Waals surface area contributed by atoms with Crippen molar-refractivity contribution in [3.8, 4) is 0 Å². The largest absolute Gasteiger partial charge is 0.444 e. The Morgan fingerprint density at radius 1 is 1.21 bits per heavy atom. The minimum atomic E-state index is -4.47. The topological polar surface area (TPSA) is 63.6 Å². The molecule has 160 valence electrons. The highest BCUT2D eigenvalue weighted by Crippen LogP contribution is 2.25. The number of nitrogens with one attached hydrogen (secondary N) is 1. The molecule has 29 heavy (non-hydrogen) atoms. The van der Waals surface area contributed by atoms with Crippen LogP contribution in [0.15, 0.2) is 30.3 Å². The zero-order valence-corrected chi connectivity index (χ0v) is 17.1. The molecule has 1 aromatic carbocycles. The summed E-state index contributed by atoms with van der Waals surface area (Å²) in [5.74, 6) is -0.643. The summed E-state index contributed by atoms with van der Waals surface area (Å²) >= 11 is 0. The van der Waals surface area contributed by atoms with Gasteiger partial charge in [0, 0.05) is 30.5 Å². The molecule has 0 saturated carbocycles. The average Bonchev–Trinajstić information content (AvgIpc) is 2.90. The highest BCUT2D eigenvalue weighted by molar-refractivity contribution is 5.99. The van der Waals surface area contributed by atoms with Crippen molar-refractivity contribution < 1.29 is 27.5 Å². The molecule has 0 radical (unpaired) electrons. The lowest BCUT2D eigenvalue weighted by Gasteiger charge is -2.26. The number of hydrogen-bond acceptors (Lipinski definition) is 3. The maximum Gasteiger partial charge on any atom is 0.410 e. The van der Waals surface area contributed by atoms with E-state index in [2.05, 4.69) is 5.32 Å². The predicted octanol–water partition coefficient (Wildman–Crippen LogP) is 4.19. The summed E-state index contributed by atoms with van der Waals surface area (Å²) in [5.41, 5.74) is -0.417. The predicted molar refractivity (Wildman–Crippen MR) is 104 cm³/mol. The Hall–Kier alpha value is -2.71. The van der Waals surface area contributed by atoms with Crippen molar-refractivity contribution in [3.05, 3.63) is 36.0 Å². The third-order valence-electron chi connectivity index (χ3n) is 4.01. The van der Waals surface area contributed by atoms with E-state index >= 15 is 0 Å². The molecule has 0 aliphatic carbocycles. The summed E-state index contributed by atoms with van der Waals surface area (Å²) in [7, 11) is 1.53. The standard InChI is InChI=1S/C20H26F3N3O3/c1-13(11-25(5)18(28)29-19(2,3)4)24-17(27)16-10-14-8-6-7-9-15(14)26(16)12-20(21,22)23/h6-10,13H,11-12H2,1-5H3,(H,24,27). The second-order valence-electron chi connectivity index (χ2n) is 8.03.